The Kier molecular flexibility index (Phi) is 5.99. The Morgan fingerprint density at radius 1 is 1.44 bits per heavy atom. The third kappa shape index (κ3) is 4.88. The number of thioether (sulfide) groups is 1. The largest absolute Gasteiger partial charge is 0.496 e. The maximum atomic E-state index is 10.1. The zero-order valence-corrected chi connectivity index (χ0v) is 12.4. The highest BCUT2D eigenvalue weighted by atomic mass is 32.2. The molecule has 1 unspecified atom stereocenters. The van der Waals surface area contributed by atoms with Crippen molar-refractivity contribution in [1.82, 2.24) is 5.32 Å². The van der Waals surface area contributed by atoms with E-state index in [0.29, 0.717) is 13.1 Å². The zero-order valence-electron chi connectivity index (χ0n) is 11.6. The smallest absolute Gasteiger partial charge is 0.123 e. The molecule has 1 aromatic carbocycles. The molecule has 0 amide bonds. The SMILES string of the molecule is COc1ccc(C)cc1CNCC(C)(O)CSC. The van der Waals surface area contributed by atoms with Gasteiger partial charge in [-0.25, -0.2) is 0 Å². The summed E-state index contributed by atoms with van der Waals surface area (Å²) in [6.45, 7) is 5.19. The summed E-state index contributed by atoms with van der Waals surface area (Å²) in [7, 11) is 1.68. The lowest BCUT2D eigenvalue weighted by atomic mass is 10.1. The Bertz CT molecular complexity index is 380. The van der Waals surface area contributed by atoms with Crippen LogP contribution in [0.25, 0.3) is 0 Å². The van der Waals surface area contributed by atoms with Crippen LogP contribution in [0.2, 0.25) is 0 Å². The van der Waals surface area contributed by atoms with Crippen molar-refractivity contribution in [3.8, 4) is 5.75 Å². The van der Waals surface area contributed by atoms with Gasteiger partial charge in [0.15, 0.2) is 0 Å². The van der Waals surface area contributed by atoms with Crippen LogP contribution >= 0.6 is 11.8 Å². The molecule has 4 heteroatoms. The van der Waals surface area contributed by atoms with Gasteiger partial charge in [-0.05, 0) is 26.2 Å². The van der Waals surface area contributed by atoms with E-state index in [4.69, 9.17) is 4.74 Å². The third-order valence-corrected chi connectivity index (χ3v) is 3.62. The van der Waals surface area contributed by atoms with E-state index < -0.39 is 5.60 Å². The summed E-state index contributed by atoms with van der Waals surface area (Å²) in [5.41, 5.74) is 1.66. The summed E-state index contributed by atoms with van der Waals surface area (Å²) >= 11 is 1.65. The summed E-state index contributed by atoms with van der Waals surface area (Å²) in [6.07, 6.45) is 2.00. The van der Waals surface area contributed by atoms with E-state index in [9.17, 15) is 5.11 Å². The second-order valence-electron chi connectivity index (χ2n) is 4.85. The molecule has 0 radical (unpaired) electrons. The average molecular weight is 269 g/mol. The van der Waals surface area contributed by atoms with E-state index in [1.165, 1.54) is 5.56 Å². The number of nitrogens with one attached hydrogen (secondary N) is 1. The van der Waals surface area contributed by atoms with Gasteiger partial charge in [0.25, 0.3) is 0 Å². The third-order valence-electron chi connectivity index (χ3n) is 2.71. The quantitative estimate of drug-likeness (QED) is 0.796. The van der Waals surface area contributed by atoms with E-state index in [2.05, 4.69) is 18.3 Å². The molecule has 0 bridgehead atoms. The second kappa shape index (κ2) is 7.02. The highest BCUT2D eigenvalue weighted by Gasteiger charge is 2.18. The Morgan fingerprint density at radius 2 is 2.17 bits per heavy atom. The summed E-state index contributed by atoms with van der Waals surface area (Å²) in [6, 6.07) is 6.12. The van der Waals surface area contributed by atoms with Gasteiger partial charge in [0.2, 0.25) is 0 Å². The van der Waals surface area contributed by atoms with Crippen molar-refractivity contribution in [3.63, 3.8) is 0 Å². The first kappa shape index (κ1) is 15.3. The molecule has 0 aliphatic heterocycles. The van der Waals surface area contributed by atoms with Gasteiger partial charge >= 0.3 is 0 Å². The minimum Gasteiger partial charge on any atom is -0.496 e. The number of hydrogen-bond acceptors (Lipinski definition) is 4. The average Bonchev–Trinajstić information content (AvgIpc) is 2.29. The molecule has 0 saturated heterocycles. The van der Waals surface area contributed by atoms with E-state index in [0.717, 1.165) is 17.1 Å². The Balaban J connectivity index is 2.55. The van der Waals surface area contributed by atoms with Crippen molar-refractivity contribution in [2.24, 2.45) is 0 Å². The van der Waals surface area contributed by atoms with Crippen LogP contribution in [0.15, 0.2) is 18.2 Å². The standard InChI is InChI=1S/C14H23NO2S/c1-11-5-6-13(17-3)12(7-11)8-15-9-14(2,16)10-18-4/h5-7,15-16H,8-10H2,1-4H3. The normalized spacial score (nSPS) is 14.3. The lowest BCUT2D eigenvalue weighted by molar-refractivity contribution is 0.0845. The van der Waals surface area contributed by atoms with Crippen molar-refractivity contribution in [2.75, 3.05) is 25.7 Å². The summed E-state index contributed by atoms with van der Waals surface area (Å²) in [5, 5.41) is 13.3. The van der Waals surface area contributed by atoms with E-state index in [1.807, 2.05) is 25.3 Å². The first-order valence-corrected chi connectivity index (χ1v) is 7.43. The van der Waals surface area contributed by atoms with Crippen molar-refractivity contribution < 1.29 is 9.84 Å². The zero-order chi connectivity index (χ0) is 13.6. The van der Waals surface area contributed by atoms with Gasteiger partial charge in [0, 0.05) is 24.4 Å². The van der Waals surface area contributed by atoms with Gasteiger partial charge in [0.1, 0.15) is 5.75 Å². The van der Waals surface area contributed by atoms with Gasteiger partial charge in [-0.2, -0.15) is 11.8 Å². The fraction of sp³-hybridized carbons (Fsp3) is 0.571. The Hall–Kier alpha value is -0.710. The van der Waals surface area contributed by atoms with Gasteiger partial charge in [-0.3, -0.25) is 0 Å². The van der Waals surface area contributed by atoms with E-state index in [-0.39, 0.29) is 0 Å². The molecule has 0 heterocycles. The van der Waals surface area contributed by atoms with Gasteiger partial charge < -0.3 is 15.2 Å². The topological polar surface area (TPSA) is 41.5 Å². The first-order chi connectivity index (χ1) is 8.48. The molecule has 1 aromatic rings. The number of methoxy groups -OCH3 is 1. The number of ether oxygens (including phenoxy) is 1. The maximum absolute atomic E-state index is 10.1. The molecule has 0 spiro atoms. The number of rotatable bonds is 7. The molecule has 0 fully saturated rings. The molecule has 2 N–H and O–H groups in total. The van der Waals surface area contributed by atoms with Crippen molar-refractivity contribution in [2.45, 2.75) is 26.0 Å². The first-order valence-electron chi connectivity index (χ1n) is 6.04. The highest BCUT2D eigenvalue weighted by Crippen LogP contribution is 2.19. The molecule has 18 heavy (non-hydrogen) atoms. The van der Waals surface area contributed by atoms with Crippen molar-refractivity contribution in [3.05, 3.63) is 29.3 Å². The predicted octanol–water partition coefficient (Wildman–Crippen LogP) is 2.21. The molecule has 0 aliphatic rings. The van der Waals surface area contributed by atoms with Crippen LogP contribution in [0.5, 0.6) is 5.75 Å². The minimum atomic E-state index is -0.670. The number of hydrogen-bond donors (Lipinski definition) is 2. The summed E-state index contributed by atoms with van der Waals surface area (Å²) in [4.78, 5) is 0. The van der Waals surface area contributed by atoms with E-state index in [1.54, 1.807) is 18.9 Å². The molecular formula is C14H23NO2S. The molecule has 1 atom stereocenters. The molecular weight excluding hydrogens is 246 g/mol. The number of benzene rings is 1. The van der Waals surface area contributed by atoms with Gasteiger partial charge in [0.05, 0.1) is 12.7 Å². The minimum absolute atomic E-state index is 0.574. The fourth-order valence-corrected chi connectivity index (χ4v) is 2.60. The van der Waals surface area contributed by atoms with Crippen molar-refractivity contribution >= 4 is 11.8 Å². The summed E-state index contributed by atoms with van der Waals surface area (Å²) < 4.78 is 5.32. The molecule has 0 saturated carbocycles. The number of aryl methyl sites for hydroxylation is 1. The Labute approximate surface area is 114 Å². The molecule has 0 aliphatic carbocycles. The van der Waals surface area contributed by atoms with E-state index >= 15 is 0 Å². The van der Waals surface area contributed by atoms with Crippen LogP contribution in [0.3, 0.4) is 0 Å². The van der Waals surface area contributed by atoms with Crippen LogP contribution in [0.4, 0.5) is 0 Å². The van der Waals surface area contributed by atoms with Crippen LogP contribution in [0, 0.1) is 6.92 Å². The lowest BCUT2D eigenvalue weighted by Gasteiger charge is -2.23. The molecule has 102 valence electrons. The summed E-state index contributed by atoms with van der Waals surface area (Å²) in [5.74, 6) is 1.61. The molecule has 0 aromatic heterocycles. The molecule has 1 rings (SSSR count). The van der Waals surface area contributed by atoms with Crippen LogP contribution in [0.1, 0.15) is 18.1 Å². The van der Waals surface area contributed by atoms with Gasteiger partial charge in [-0.15, -0.1) is 0 Å². The van der Waals surface area contributed by atoms with Crippen molar-refractivity contribution in [1.29, 1.82) is 0 Å². The predicted molar refractivity (Wildman–Crippen MR) is 78.4 cm³/mol. The molecule has 3 nitrogen and oxygen atoms in total. The van der Waals surface area contributed by atoms with Crippen LogP contribution in [-0.4, -0.2) is 36.4 Å². The lowest BCUT2D eigenvalue weighted by Crippen LogP contribution is -2.39. The van der Waals surface area contributed by atoms with Crippen LogP contribution < -0.4 is 10.1 Å². The fourth-order valence-electron chi connectivity index (χ4n) is 1.87. The maximum Gasteiger partial charge on any atom is 0.123 e. The number of aliphatic hydroxyl groups is 1. The Morgan fingerprint density at radius 3 is 2.78 bits per heavy atom. The monoisotopic (exact) mass is 269 g/mol. The highest BCUT2D eigenvalue weighted by molar-refractivity contribution is 7.98. The second-order valence-corrected chi connectivity index (χ2v) is 5.71. The van der Waals surface area contributed by atoms with Gasteiger partial charge in [-0.1, -0.05) is 17.7 Å². The van der Waals surface area contributed by atoms with Crippen LogP contribution in [-0.2, 0) is 6.54 Å².